The molecule has 0 aliphatic carbocycles. The third kappa shape index (κ3) is 8.57. The highest BCUT2D eigenvalue weighted by molar-refractivity contribution is 8.14. The number of carbonyl (C=O) groups is 5. The zero-order valence-electron chi connectivity index (χ0n) is 20.0. The molecule has 13 heteroatoms. The lowest BCUT2D eigenvalue weighted by Gasteiger charge is -2.17. The van der Waals surface area contributed by atoms with Crippen LogP contribution in [0.15, 0.2) is 36.4 Å². The maximum atomic E-state index is 14.4. The number of thioether (sulfide) groups is 1. The lowest BCUT2D eigenvalue weighted by molar-refractivity contribution is -0.144. The molecule has 0 radical (unpaired) electrons. The number of benzene rings is 2. The van der Waals surface area contributed by atoms with E-state index in [-0.39, 0.29) is 33.9 Å². The Kier molecular flexibility index (Phi) is 11.1. The number of nitrogens with one attached hydrogen (secondary N) is 2. The van der Waals surface area contributed by atoms with Gasteiger partial charge in [0, 0.05) is 37.0 Å². The number of methoxy groups -OCH3 is 1. The molecule has 2 atom stereocenters. The van der Waals surface area contributed by atoms with Crippen molar-refractivity contribution in [3.8, 4) is 16.9 Å². The molecule has 2 N–H and O–H groups in total. The van der Waals surface area contributed by atoms with Crippen LogP contribution in [-0.2, 0) is 23.9 Å². The SMILES string of the molecule is COC(=O)C(CSC(=O)c1cc(-c2ccc(F)cc2F)ccc1OC(=O)C(CS)NC(C)=O)NC(C)=O. The maximum Gasteiger partial charge on any atom is 0.334 e. The highest BCUT2D eigenvalue weighted by Gasteiger charge is 2.26. The molecule has 0 aliphatic rings. The van der Waals surface area contributed by atoms with Gasteiger partial charge in [-0.3, -0.25) is 14.4 Å². The van der Waals surface area contributed by atoms with Gasteiger partial charge in [-0.1, -0.05) is 17.8 Å². The van der Waals surface area contributed by atoms with Crippen molar-refractivity contribution in [2.24, 2.45) is 0 Å². The summed E-state index contributed by atoms with van der Waals surface area (Å²) in [7, 11) is 1.12. The Bertz CT molecular complexity index is 1210. The summed E-state index contributed by atoms with van der Waals surface area (Å²) in [6, 6.07) is 4.50. The molecule has 0 fully saturated rings. The molecule has 0 saturated carbocycles. The molecule has 0 bridgehead atoms. The summed E-state index contributed by atoms with van der Waals surface area (Å²) >= 11 is 4.64. The Hall–Kier alpha value is -3.45. The molecule has 2 unspecified atom stereocenters. The van der Waals surface area contributed by atoms with E-state index in [1.807, 2.05) is 0 Å². The summed E-state index contributed by atoms with van der Waals surface area (Å²) in [5.74, 6) is -4.91. The van der Waals surface area contributed by atoms with Crippen LogP contribution >= 0.6 is 24.4 Å². The molecule has 0 aliphatic heterocycles. The first kappa shape index (κ1) is 29.8. The molecule has 0 aromatic heterocycles. The molecule has 2 aromatic carbocycles. The van der Waals surface area contributed by atoms with Crippen molar-refractivity contribution in [3.63, 3.8) is 0 Å². The summed E-state index contributed by atoms with van der Waals surface area (Å²) < 4.78 is 37.8. The Morgan fingerprint density at radius 2 is 1.59 bits per heavy atom. The molecule has 198 valence electrons. The smallest absolute Gasteiger partial charge is 0.334 e. The number of esters is 2. The zero-order chi connectivity index (χ0) is 27.7. The van der Waals surface area contributed by atoms with Gasteiger partial charge in [0.2, 0.25) is 16.9 Å². The average Bonchev–Trinajstić information content (AvgIpc) is 2.84. The van der Waals surface area contributed by atoms with Crippen LogP contribution in [0.3, 0.4) is 0 Å². The van der Waals surface area contributed by atoms with Gasteiger partial charge in [-0.15, -0.1) is 0 Å². The van der Waals surface area contributed by atoms with Gasteiger partial charge in [-0.05, 0) is 29.8 Å². The summed E-state index contributed by atoms with van der Waals surface area (Å²) in [4.78, 5) is 60.5. The van der Waals surface area contributed by atoms with Crippen LogP contribution in [-0.4, -0.2) is 59.6 Å². The fraction of sp³-hybridized carbons (Fsp3) is 0.292. The molecule has 9 nitrogen and oxygen atoms in total. The largest absolute Gasteiger partial charge is 0.467 e. The number of ether oxygens (including phenoxy) is 2. The minimum absolute atomic E-state index is 0.0181. The first-order chi connectivity index (χ1) is 17.5. The molecule has 2 aromatic rings. The number of amides is 2. The number of hydrogen-bond donors (Lipinski definition) is 3. The normalized spacial score (nSPS) is 12.2. The monoisotopic (exact) mass is 554 g/mol. The Morgan fingerprint density at radius 3 is 2.16 bits per heavy atom. The predicted molar refractivity (Wildman–Crippen MR) is 135 cm³/mol. The van der Waals surface area contributed by atoms with E-state index in [2.05, 4.69) is 28.0 Å². The third-order valence-corrected chi connectivity index (χ3v) is 6.09. The first-order valence-electron chi connectivity index (χ1n) is 10.7. The van der Waals surface area contributed by atoms with Crippen molar-refractivity contribution in [2.75, 3.05) is 18.6 Å². The van der Waals surface area contributed by atoms with E-state index < -0.39 is 52.6 Å². The summed E-state index contributed by atoms with van der Waals surface area (Å²) in [6.07, 6.45) is 0. The second kappa shape index (κ2) is 13.7. The number of thiol groups is 1. The van der Waals surface area contributed by atoms with Gasteiger partial charge in [0.05, 0.1) is 12.7 Å². The summed E-state index contributed by atoms with van der Waals surface area (Å²) in [5, 5.41) is 4.05. The fourth-order valence-corrected chi connectivity index (χ4v) is 4.16. The van der Waals surface area contributed by atoms with E-state index in [4.69, 9.17) is 4.74 Å². The topological polar surface area (TPSA) is 128 Å². The van der Waals surface area contributed by atoms with Gasteiger partial charge < -0.3 is 20.1 Å². The summed E-state index contributed by atoms with van der Waals surface area (Å²) in [6.45, 7) is 2.39. The Labute approximate surface area is 221 Å². The van der Waals surface area contributed by atoms with Gasteiger partial charge in [-0.2, -0.15) is 12.6 Å². The number of rotatable bonds is 10. The highest BCUT2D eigenvalue weighted by atomic mass is 32.2. The quantitative estimate of drug-likeness (QED) is 0.232. The standard InChI is InChI=1S/C24H24F2N2O7S2/c1-12(29)27-19(10-36)23(32)35-21-7-4-14(16-6-5-15(25)9-18(16)26)8-17(21)24(33)37-11-20(22(31)34-3)28-13(2)30/h4-9,19-20,36H,10-11H2,1-3H3,(H,27,29)(H,28,30). The molecule has 2 amide bonds. The van der Waals surface area contributed by atoms with Crippen LogP contribution in [0.1, 0.15) is 24.2 Å². The van der Waals surface area contributed by atoms with Gasteiger partial charge in [0.25, 0.3) is 0 Å². The van der Waals surface area contributed by atoms with Crippen LogP contribution in [0, 0.1) is 11.6 Å². The van der Waals surface area contributed by atoms with E-state index in [1.54, 1.807) is 0 Å². The van der Waals surface area contributed by atoms with Crippen molar-refractivity contribution >= 4 is 53.3 Å². The first-order valence-corrected chi connectivity index (χ1v) is 12.3. The molecular weight excluding hydrogens is 530 g/mol. The minimum atomic E-state index is -1.14. The maximum absolute atomic E-state index is 14.4. The lowest BCUT2D eigenvalue weighted by Crippen LogP contribution is -2.43. The molecule has 2 rings (SSSR count). The van der Waals surface area contributed by atoms with Gasteiger partial charge in [0.15, 0.2) is 0 Å². The van der Waals surface area contributed by atoms with Crippen molar-refractivity contribution < 1.29 is 42.2 Å². The van der Waals surface area contributed by atoms with E-state index in [0.717, 1.165) is 13.2 Å². The van der Waals surface area contributed by atoms with Gasteiger partial charge in [-0.25, -0.2) is 18.4 Å². The van der Waals surface area contributed by atoms with Crippen molar-refractivity contribution in [2.45, 2.75) is 25.9 Å². The average molecular weight is 555 g/mol. The van der Waals surface area contributed by atoms with Crippen LogP contribution in [0.5, 0.6) is 5.75 Å². The van der Waals surface area contributed by atoms with Crippen molar-refractivity contribution in [3.05, 3.63) is 53.6 Å². The minimum Gasteiger partial charge on any atom is -0.467 e. The second-order valence-corrected chi connectivity index (χ2v) is 8.92. The number of halogens is 2. The fourth-order valence-electron chi connectivity index (χ4n) is 3.07. The third-order valence-electron chi connectivity index (χ3n) is 4.74. The molecule has 0 heterocycles. The summed E-state index contributed by atoms with van der Waals surface area (Å²) in [5.41, 5.74) is -0.0116. The second-order valence-electron chi connectivity index (χ2n) is 7.57. The molecule has 0 spiro atoms. The Balaban J connectivity index is 2.44. The van der Waals surface area contributed by atoms with Crippen molar-refractivity contribution in [1.82, 2.24) is 10.6 Å². The predicted octanol–water partition coefficient (Wildman–Crippen LogP) is 2.52. The van der Waals surface area contributed by atoms with Crippen LogP contribution in [0.4, 0.5) is 8.78 Å². The van der Waals surface area contributed by atoms with Crippen LogP contribution in [0.25, 0.3) is 11.1 Å². The molecule has 37 heavy (non-hydrogen) atoms. The molecular formula is C24H24F2N2O7S2. The van der Waals surface area contributed by atoms with Crippen LogP contribution in [0.2, 0.25) is 0 Å². The van der Waals surface area contributed by atoms with Crippen molar-refractivity contribution in [1.29, 1.82) is 0 Å². The Morgan fingerprint density at radius 1 is 0.946 bits per heavy atom. The lowest BCUT2D eigenvalue weighted by atomic mass is 10.0. The van der Waals surface area contributed by atoms with E-state index in [9.17, 15) is 32.8 Å². The zero-order valence-corrected chi connectivity index (χ0v) is 21.7. The van der Waals surface area contributed by atoms with Crippen LogP contribution < -0.4 is 15.4 Å². The number of hydrogen-bond acceptors (Lipinski definition) is 9. The highest BCUT2D eigenvalue weighted by Crippen LogP contribution is 2.32. The van der Waals surface area contributed by atoms with E-state index in [1.165, 1.54) is 38.1 Å². The molecule has 0 saturated heterocycles. The van der Waals surface area contributed by atoms with E-state index >= 15 is 0 Å². The van der Waals surface area contributed by atoms with Gasteiger partial charge >= 0.3 is 11.9 Å². The van der Waals surface area contributed by atoms with E-state index in [0.29, 0.717) is 17.8 Å². The number of carbonyl (C=O) groups excluding carboxylic acids is 5. The van der Waals surface area contributed by atoms with Gasteiger partial charge in [0.1, 0.15) is 29.5 Å².